The molecule has 0 radical (unpaired) electrons. The first-order valence-corrected chi connectivity index (χ1v) is 21.3. The van der Waals surface area contributed by atoms with Crippen LogP contribution in [-0.4, -0.2) is 4.57 Å². The lowest BCUT2D eigenvalue weighted by molar-refractivity contribution is 0.660. The molecular weight excluding hydrogens is 737 g/mol. The van der Waals surface area contributed by atoms with E-state index < -0.39 is 0 Å². The summed E-state index contributed by atoms with van der Waals surface area (Å²) in [5.74, 6) is 0. The van der Waals surface area contributed by atoms with Crippen LogP contribution in [0.15, 0.2) is 218 Å². The number of aromatic nitrogens is 1. The van der Waals surface area contributed by atoms with Gasteiger partial charge in [-0.2, -0.15) is 0 Å². The summed E-state index contributed by atoms with van der Waals surface area (Å²) in [6.45, 7) is 4.75. The van der Waals surface area contributed by atoms with Gasteiger partial charge in [0, 0.05) is 38.6 Å². The SMILES string of the molecule is CC1(C)c2ccccc2-c2ccc(N(c3ccc(-c4cccc5cccc(-c6ccccc6)c45)cc3)c3c4ccccc4cc4c5ccccc5n(-c5ccccc5)c34)cc21. The van der Waals surface area contributed by atoms with Crippen molar-refractivity contribution in [1.29, 1.82) is 0 Å². The number of rotatable bonds is 6. The zero-order chi connectivity index (χ0) is 40.7. The van der Waals surface area contributed by atoms with E-state index in [0.29, 0.717) is 0 Å². The zero-order valence-corrected chi connectivity index (χ0v) is 34.2. The molecule has 2 nitrogen and oxygen atoms in total. The van der Waals surface area contributed by atoms with Gasteiger partial charge in [0.25, 0.3) is 0 Å². The van der Waals surface area contributed by atoms with Crippen molar-refractivity contribution in [2.45, 2.75) is 19.3 Å². The van der Waals surface area contributed by atoms with Crippen LogP contribution in [0, 0.1) is 0 Å². The van der Waals surface area contributed by atoms with Crippen LogP contribution in [0.3, 0.4) is 0 Å². The predicted octanol–water partition coefficient (Wildman–Crippen LogP) is 16.2. The van der Waals surface area contributed by atoms with Gasteiger partial charge < -0.3 is 9.47 Å². The first kappa shape index (κ1) is 35.3. The lowest BCUT2D eigenvalue weighted by Crippen LogP contribution is -2.17. The monoisotopic (exact) mass is 778 g/mol. The summed E-state index contributed by atoms with van der Waals surface area (Å²) in [5, 5.41) is 7.37. The van der Waals surface area contributed by atoms with Gasteiger partial charge in [-0.1, -0.05) is 184 Å². The van der Waals surface area contributed by atoms with Crippen LogP contribution in [0.2, 0.25) is 0 Å². The highest BCUT2D eigenvalue weighted by atomic mass is 15.2. The molecule has 0 spiro atoms. The molecule has 0 atom stereocenters. The fourth-order valence-corrected chi connectivity index (χ4v) is 10.3. The quantitative estimate of drug-likeness (QED) is 0.163. The Hall–Kier alpha value is -7.68. The van der Waals surface area contributed by atoms with Gasteiger partial charge in [0.05, 0.1) is 16.7 Å². The third-order valence-corrected chi connectivity index (χ3v) is 13.1. The smallest absolute Gasteiger partial charge is 0.0789 e. The molecular formula is C59H42N2. The van der Waals surface area contributed by atoms with E-state index in [0.717, 1.165) is 22.7 Å². The molecule has 0 aliphatic heterocycles. The zero-order valence-electron chi connectivity index (χ0n) is 34.2. The Morgan fingerprint density at radius 1 is 0.393 bits per heavy atom. The number of nitrogens with zero attached hydrogens (tertiary/aromatic N) is 2. The van der Waals surface area contributed by atoms with Crippen molar-refractivity contribution in [3.05, 3.63) is 230 Å². The maximum atomic E-state index is 2.53. The largest absolute Gasteiger partial charge is 0.308 e. The first-order valence-electron chi connectivity index (χ1n) is 21.3. The Kier molecular flexibility index (Phi) is 7.92. The molecule has 0 bridgehead atoms. The van der Waals surface area contributed by atoms with Crippen LogP contribution < -0.4 is 4.90 Å². The van der Waals surface area contributed by atoms with Crippen LogP contribution in [-0.2, 0) is 5.41 Å². The molecule has 61 heavy (non-hydrogen) atoms. The Bertz CT molecular complexity index is 3480. The van der Waals surface area contributed by atoms with Crippen LogP contribution in [0.4, 0.5) is 17.1 Å². The van der Waals surface area contributed by atoms with Crippen LogP contribution in [0.1, 0.15) is 25.0 Å². The normalized spacial score (nSPS) is 12.9. The molecule has 0 N–H and O–H groups in total. The Morgan fingerprint density at radius 2 is 0.967 bits per heavy atom. The molecule has 10 aromatic carbocycles. The molecule has 0 saturated carbocycles. The van der Waals surface area contributed by atoms with E-state index in [9.17, 15) is 0 Å². The highest BCUT2D eigenvalue weighted by molar-refractivity contribution is 6.22. The molecule has 1 aliphatic carbocycles. The standard InChI is InChI=1S/C59H42N2/c1-59(2)53-29-13-11-25-49(53)50-36-35-45(38-54(50)59)60(44-33-31-40(32-34-44)47-28-16-21-41-20-15-27-46(56(41)47)39-17-5-3-6-18-39)57-48-24-10-9-19-42(48)37-52-51-26-12-14-30-55(51)61(58(52)57)43-22-7-4-8-23-43/h3-38H,1-2H3. The third kappa shape index (κ3) is 5.42. The molecule has 0 unspecified atom stereocenters. The van der Waals surface area contributed by atoms with Gasteiger partial charge in [-0.25, -0.2) is 0 Å². The Labute approximate surface area is 356 Å². The number of hydrogen-bond acceptors (Lipinski definition) is 1. The molecule has 1 heterocycles. The first-order chi connectivity index (χ1) is 30.0. The minimum absolute atomic E-state index is 0.157. The molecule has 12 rings (SSSR count). The van der Waals surface area contributed by atoms with Gasteiger partial charge in [0.1, 0.15) is 0 Å². The predicted molar refractivity (Wildman–Crippen MR) is 259 cm³/mol. The topological polar surface area (TPSA) is 8.17 Å². The number of fused-ring (bicyclic) bond motifs is 8. The maximum Gasteiger partial charge on any atom is 0.0789 e. The van der Waals surface area contributed by atoms with E-state index in [-0.39, 0.29) is 5.41 Å². The van der Waals surface area contributed by atoms with Crippen molar-refractivity contribution in [2.24, 2.45) is 0 Å². The fourth-order valence-electron chi connectivity index (χ4n) is 10.3. The van der Waals surface area contributed by atoms with Gasteiger partial charge >= 0.3 is 0 Å². The summed E-state index contributed by atoms with van der Waals surface area (Å²) < 4.78 is 2.47. The van der Waals surface area contributed by atoms with Crippen molar-refractivity contribution in [2.75, 3.05) is 4.90 Å². The average molecular weight is 779 g/mol. The van der Waals surface area contributed by atoms with Gasteiger partial charge in [-0.3, -0.25) is 0 Å². The van der Waals surface area contributed by atoms with Crippen LogP contribution >= 0.6 is 0 Å². The summed E-state index contributed by atoms with van der Waals surface area (Å²) in [4.78, 5) is 2.53. The second-order valence-corrected chi connectivity index (χ2v) is 16.9. The van der Waals surface area contributed by atoms with E-state index in [2.05, 4.69) is 242 Å². The highest BCUT2D eigenvalue weighted by Gasteiger charge is 2.36. The van der Waals surface area contributed by atoms with E-state index in [1.807, 2.05) is 0 Å². The van der Waals surface area contributed by atoms with Gasteiger partial charge in [0.2, 0.25) is 0 Å². The van der Waals surface area contributed by atoms with E-state index in [4.69, 9.17) is 0 Å². The molecule has 1 aromatic heterocycles. The third-order valence-electron chi connectivity index (χ3n) is 13.1. The van der Waals surface area contributed by atoms with E-state index >= 15 is 0 Å². The second kappa shape index (κ2) is 13.7. The summed E-state index contributed by atoms with van der Waals surface area (Å²) in [6.07, 6.45) is 0. The van der Waals surface area contributed by atoms with Gasteiger partial charge in [0.15, 0.2) is 0 Å². The Balaban J connectivity index is 1.15. The van der Waals surface area contributed by atoms with Crippen molar-refractivity contribution < 1.29 is 0 Å². The average Bonchev–Trinajstić information content (AvgIpc) is 3.77. The van der Waals surface area contributed by atoms with Crippen molar-refractivity contribution in [3.8, 4) is 39.1 Å². The van der Waals surface area contributed by atoms with Crippen molar-refractivity contribution in [3.63, 3.8) is 0 Å². The number of benzene rings is 10. The minimum Gasteiger partial charge on any atom is -0.308 e. The lowest BCUT2D eigenvalue weighted by atomic mass is 9.82. The maximum absolute atomic E-state index is 2.53. The summed E-state index contributed by atoms with van der Waals surface area (Å²) in [5.41, 5.74) is 17.0. The minimum atomic E-state index is -0.157. The fraction of sp³-hybridized carbons (Fsp3) is 0.0508. The molecule has 0 fully saturated rings. The molecule has 1 aliphatic rings. The van der Waals surface area contributed by atoms with E-state index in [1.54, 1.807) is 0 Å². The number of para-hydroxylation sites is 2. The number of hydrogen-bond donors (Lipinski definition) is 0. The summed E-state index contributed by atoms with van der Waals surface area (Å²) in [7, 11) is 0. The van der Waals surface area contributed by atoms with Crippen molar-refractivity contribution in [1.82, 2.24) is 4.57 Å². The van der Waals surface area contributed by atoms with Crippen LogP contribution in [0.5, 0.6) is 0 Å². The molecule has 0 saturated heterocycles. The molecule has 288 valence electrons. The lowest BCUT2D eigenvalue weighted by Gasteiger charge is -2.30. The summed E-state index contributed by atoms with van der Waals surface area (Å²) >= 11 is 0. The highest BCUT2D eigenvalue weighted by Crippen LogP contribution is 2.53. The Morgan fingerprint density at radius 3 is 1.74 bits per heavy atom. The number of anilines is 3. The van der Waals surface area contributed by atoms with E-state index in [1.165, 1.54) is 87.9 Å². The van der Waals surface area contributed by atoms with Crippen molar-refractivity contribution >= 4 is 60.4 Å². The van der Waals surface area contributed by atoms with Gasteiger partial charge in [-0.15, -0.1) is 0 Å². The molecule has 2 heteroatoms. The molecule has 0 amide bonds. The second-order valence-electron chi connectivity index (χ2n) is 16.9. The van der Waals surface area contributed by atoms with Gasteiger partial charge in [-0.05, 0) is 109 Å². The summed E-state index contributed by atoms with van der Waals surface area (Å²) in [6, 6.07) is 80.5. The van der Waals surface area contributed by atoms with Crippen LogP contribution in [0.25, 0.3) is 82.4 Å². The molecule has 11 aromatic rings.